The Morgan fingerprint density at radius 1 is 1.28 bits per heavy atom. The van der Waals surface area contributed by atoms with Crippen LogP contribution in [0.3, 0.4) is 0 Å². The fraction of sp³-hybridized carbons (Fsp3) is 0.357. The molecule has 0 saturated carbocycles. The van der Waals surface area contributed by atoms with Crippen LogP contribution in [-0.4, -0.2) is 42.0 Å². The lowest BCUT2D eigenvalue weighted by Gasteiger charge is -2.26. The zero-order valence-corrected chi connectivity index (χ0v) is 10.5. The summed E-state index contributed by atoms with van der Waals surface area (Å²) in [6.45, 7) is 5.39. The molecule has 1 aliphatic heterocycles. The summed E-state index contributed by atoms with van der Waals surface area (Å²) in [5.41, 5.74) is 2.93. The molecule has 1 aromatic heterocycles. The van der Waals surface area contributed by atoms with Gasteiger partial charge in [-0.1, -0.05) is 12.1 Å². The molecule has 0 radical (unpaired) electrons. The second-order valence-corrected chi connectivity index (χ2v) is 4.76. The number of nitrogens with one attached hydrogen (secondary N) is 2. The number of aryl methyl sites for hydroxylation is 1. The highest BCUT2D eigenvalue weighted by Gasteiger charge is 2.19. The lowest BCUT2D eigenvalue weighted by Crippen LogP contribution is -2.46. The molecule has 4 nitrogen and oxygen atoms in total. The van der Waals surface area contributed by atoms with E-state index in [-0.39, 0.29) is 5.91 Å². The second kappa shape index (κ2) is 4.46. The van der Waals surface area contributed by atoms with E-state index in [9.17, 15) is 4.79 Å². The molecule has 0 atom stereocenters. The minimum Gasteiger partial charge on any atom is -0.351 e. The molecule has 94 valence electrons. The first-order valence-corrected chi connectivity index (χ1v) is 6.34. The predicted molar refractivity (Wildman–Crippen MR) is 71.8 cm³/mol. The maximum Gasteiger partial charge on any atom is 0.270 e. The Balaban J connectivity index is 1.94. The third-order valence-electron chi connectivity index (χ3n) is 3.52. The van der Waals surface area contributed by atoms with E-state index in [0.717, 1.165) is 37.1 Å². The normalized spacial score (nSPS) is 16.2. The van der Waals surface area contributed by atoms with E-state index in [1.165, 1.54) is 5.56 Å². The van der Waals surface area contributed by atoms with Crippen molar-refractivity contribution in [2.45, 2.75) is 6.92 Å². The molecule has 1 saturated heterocycles. The number of carbonyl (C=O) groups excluding carboxylic acids is 1. The number of carbonyl (C=O) groups is 1. The molecule has 18 heavy (non-hydrogen) atoms. The van der Waals surface area contributed by atoms with Gasteiger partial charge >= 0.3 is 0 Å². The summed E-state index contributed by atoms with van der Waals surface area (Å²) in [6.07, 6.45) is 0. The van der Waals surface area contributed by atoms with Crippen molar-refractivity contribution in [1.82, 2.24) is 15.2 Å². The number of hydrogen-bond acceptors (Lipinski definition) is 2. The standard InChI is InChI=1S/C14H17N3O/c1-10-3-2-4-12-11(10)9-13(16-12)14(18)17-7-5-15-6-8-17/h2-4,9,15-16H,5-8H2,1H3. The molecule has 4 heteroatoms. The molecule has 1 aliphatic rings. The van der Waals surface area contributed by atoms with Crippen LogP contribution in [0.4, 0.5) is 0 Å². The van der Waals surface area contributed by atoms with Gasteiger partial charge in [0, 0.05) is 37.1 Å². The van der Waals surface area contributed by atoms with Gasteiger partial charge in [-0.2, -0.15) is 0 Å². The average molecular weight is 243 g/mol. The number of nitrogens with zero attached hydrogens (tertiary/aromatic N) is 1. The number of hydrogen-bond donors (Lipinski definition) is 2. The summed E-state index contributed by atoms with van der Waals surface area (Å²) < 4.78 is 0. The number of aromatic amines is 1. The second-order valence-electron chi connectivity index (χ2n) is 4.76. The van der Waals surface area contributed by atoms with E-state index in [1.54, 1.807) is 0 Å². The van der Waals surface area contributed by atoms with Crippen LogP contribution in [0.15, 0.2) is 24.3 Å². The summed E-state index contributed by atoms with van der Waals surface area (Å²) in [5, 5.41) is 4.39. The lowest BCUT2D eigenvalue weighted by atomic mass is 10.1. The summed E-state index contributed by atoms with van der Waals surface area (Å²) >= 11 is 0. The van der Waals surface area contributed by atoms with Gasteiger partial charge in [-0.25, -0.2) is 0 Å². The van der Waals surface area contributed by atoms with Gasteiger partial charge < -0.3 is 15.2 Å². The summed E-state index contributed by atoms with van der Waals surface area (Å²) in [5.74, 6) is 0.104. The summed E-state index contributed by atoms with van der Waals surface area (Å²) in [6, 6.07) is 8.05. The monoisotopic (exact) mass is 243 g/mol. The highest BCUT2D eigenvalue weighted by atomic mass is 16.2. The number of fused-ring (bicyclic) bond motifs is 1. The van der Waals surface area contributed by atoms with Crippen molar-refractivity contribution in [2.75, 3.05) is 26.2 Å². The number of H-pyrrole nitrogens is 1. The first-order valence-electron chi connectivity index (χ1n) is 6.34. The first kappa shape index (κ1) is 11.3. The maximum atomic E-state index is 12.3. The van der Waals surface area contributed by atoms with Gasteiger partial charge in [0.1, 0.15) is 5.69 Å². The molecule has 0 unspecified atom stereocenters. The zero-order valence-electron chi connectivity index (χ0n) is 10.5. The molecule has 0 aliphatic carbocycles. The molecule has 2 aromatic rings. The molecule has 1 aromatic carbocycles. The topological polar surface area (TPSA) is 48.1 Å². The SMILES string of the molecule is Cc1cccc2[nH]c(C(=O)N3CCNCC3)cc12. The van der Waals surface area contributed by atoms with Gasteiger partial charge in [0.15, 0.2) is 0 Å². The predicted octanol–water partition coefficient (Wildman–Crippen LogP) is 1.52. The van der Waals surface area contributed by atoms with Crippen molar-refractivity contribution in [2.24, 2.45) is 0 Å². The van der Waals surface area contributed by atoms with Crippen LogP contribution in [0.1, 0.15) is 16.1 Å². The van der Waals surface area contributed by atoms with E-state index in [2.05, 4.69) is 23.3 Å². The fourth-order valence-corrected chi connectivity index (χ4v) is 2.46. The largest absolute Gasteiger partial charge is 0.351 e. The highest BCUT2D eigenvalue weighted by Crippen LogP contribution is 2.20. The van der Waals surface area contributed by atoms with Gasteiger partial charge in [-0.3, -0.25) is 4.79 Å². The Morgan fingerprint density at radius 2 is 2.06 bits per heavy atom. The molecule has 2 N–H and O–H groups in total. The van der Waals surface area contributed by atoms with Crippen LogP contribution in [0, 0.1) is 6.92 Å². The Bertz CT molecular complexity index is 582. The Labute approximate surface area is 106 Å². The number of amides is 1. The summed E-state index contributed by atoms with van der Waals surface area (Å²) in [7, 11) is 0. The molecule has 0 spiro atoms. The minimum absolute atomic E-state index is 0.104. The van der Waals surface area contributed by atoms with Gasteiger partial charge in [0.25, 0.3) is 5.91 Å². The summed E-state index contributed by atoms with van der Waals surface area (Å²) in [4.78, 5) is 17.5. The van der Waals surface area contributed by atoms with Gasteiger partial charge in [0.05, 0.1) is 0 Å². The van der Waals surface area contributed by atoms with Crippen LogP contribution in [0.5, 0.6) is 0 Å². The highest BCUT2D eigenvalue weighted by molar-refractivity contribution is 5.98. The van der Waals surface area contributed by atoms with Crippen molar-refractivity contribution in [1.29, 1.82) is 0 Å². The minimum atomic E-state index is 0.104. The van der Waals surface area contributed by atoms with Gasteiger partial charge in [0.2, 0.25) is 0 Å². The third-order valence-corrected chi connectivity index (χ3v) is 3.52. The van der Waals surface area contributed by atoms with Crippen LogP contribution >= 0.6 is 0 Å². The molecule has 0 bridgehead atoms. The number of piperazine rings is 1. The van der Waals surface area contributed by atoms with Crippen LogP contribution in [0.2, 0.25) is 0 Å². The van der Waals surface area contributed by atoms with Crippen LogP contribution < -0.4 is 5.32 Å². The molecular formula is C14H17N3O. The van der Waals surface area contributed by atoms with E-state index < -0.39 is 0 Å². The Kier molecular flexibility index (Phi) is 2.80. The van der Waals surface area contributed by atoms with E-state index >= 15 is 0 Å². The number of rotatable bonds is 1. The van der Waals surface area contributed by atoms with E-state index in [1.807, 2.05) is 23.1 Å². The average Bonchev–Trinajstić information content (AvgIpc) is 2.84. The zero-order chi connectivity index (χ0) is 12.5. The smallest absolute Gasteiger partial charge is 0.270 e. The quantitative estimate of drug-likeness (QED) is 0.798. The van der Waals surface area contributed by atoms with Gasteiger partial charge in [-0.05, 0) is 24.6 Å². The fourth-order valence-electron chi connectivity index (χ4n) is 2.46. The lowest BCUT2D eigenvalue weighted by molar-refractivity contribution is 0.0731. The van der Waals surface area contributed by atoms with E-state index in [4.69, 9.17) is 0 Å². The Morgan fingerprint density at radius 3 is 2.78 bits per heavy atom. The van der Waals surface area contributed by atoms with Crippen molar-refractivity contribution in [3.8, 4) is 0 Å². The van der Waals surface area contributed by atoms with Crippen LogP contribution in [0.25, 0.3) is 10.9 Å². The number of aromatic nitrogens is 1. The maximum absolute atomic E-state index is 12.3. The molecule has 1 amide bonds. The van der Waals surface area contributed by atoms with E-state index in [0.29, 0.717) is 5.69 Å². The molecule has 2 heterocycles. The first-order chi connectivity index (χ1) is 8.75. The molecule has 1 fully saturated rings. The van der Waals surface area contributed by atoms with Crippen molar-refractivity contribution in [3.63, 3.8) is 0 Å². The number of benzene rings is 1. The van der Waals surface area contributed by atoms with Crippen molar-refractivity contribution >= 4 is 16.8 Å². The van der Waals surface area contributed by atoms with Crippen molar-refractivity contribution < 1.29 is 4.79 Å². The molecule has 3 rings (SSSR count). The Hall–Kier alpha value is -1.81. The van der Waals surface area contributed by atoms with Gasteiger partial charge in [-0.15, -0.1) is 0 Å². The third kappa shape index (κ3) is 1.88. The van der Waals surface area contributed by atoms with Crippen LogP contribution in [-0.2, 0) is 0 Å². The van der Waals surface area contributed by atoms with Crippen molar-refractivity contribution in [3.05, 3.63) is 35.5 Å². The molecular weight excluding hydrogens is 226 g/mol.